The highest BCUT2D eigenvalue weighted by Gasteiger charge is 2.53. The van der Waals surface area contributed by atoms with Crippen LogP contribution in [-0.2, 0) is 20.7 Å². The summed E-state index contributed by atoms with van der Waals surface area (Å²) in [6.45, 7) is 6.45. The Morgan fingerprint density at radius 1 is 0.854 bits per heavy atom. The summed E-state index contributed by atoms with van der Waals surface area (Å²) in [7, 11) is 0. The predicted molar refractivity (Wildman–Crippen MR) is 157 cm³/mol. The number of fused-ring (bicyclic) bond motifs is 2. The van der Waals surface area contributed by atoms with Gasteiger partial charge in [-0.15, -0.1) is 0 Å². The van der Waals surface area contributed by atoms with Crippen molar-refractivity contribution in [1.29, 1.82) is 0 Å². The molecule has 0 unspecified atom stereocenters. The minimum Gasteiger partial charge on any atom is -0.438 e. The van der Waals surface area contributed by atoms with Crippen LogP contribution in [0.4, 0.5) is 15.3 Å². The van der Waals surface area contributed by atoms with Crippen molar-refractivity contribution < 1.29 is 19.1 Å². The summed E-state index contributed by atoms with van der Waals surface area (Å²) in [5, 5.41) is 6.42. The maximum absolute atomic E-state index is 14.0. The third-order valence-electron chi connectivity index (χ3n) is 8.59. The first-order valence-electron chi connectivity index (χ1n) is 14.0. The molecule has 41 heavy (non-hydrogen) atoms. The molecule has 9 heteroatoms. The first-order valence-corrected chi connectivity index (χ1v) is 14.4. The number of hydrogen-bond donors (Lipinski definition) is 2. The van der Waals surface area contributed by atoms with Crippen LogP contribution in [0.25, 0.3) is 0 Å². The van der Waals surface area contributed by atoms with E-state index in [1.165, 1.54) is 4.90 Å². The summed E-state index contributed by atoms with van der Waals surface area (Å²) in [6, 6.07) is 20.6. The molecule has 3 aliphatic rings. The number of rotatable bonds is 6. The molecular weight excluding hydrogens is 540 g/mol. The van der Waals surface area contributed by atoms with Crippen LogP contribution >= 0.6 is 11.6 Å². The highest BCUT2D eigenvalue weighted by Crippen LogP contribution is 2.44. The number of hydrogen-bond acceptors (Lipinski definition) is 5. The smallest absolute Gasteiger partial charge is 0.412 e. The summed E-state index contributed by atoms with van der Waals surface area (Å²) in [5.41, 5.74) is 3.33. The van der Waals surface area contributed by atoms with Gasteiger partial charge in [-0.3, -0.25) is 15.0 Å². The Balaban J connectivity index is 1.14. The number of carbonyl (C=O) groups excluding carboxylic acids is 3. The summed E-state index contributed by atoms with van der Waals surface area (Å²) in [6.07, 6.45) is 1.47. The number of carbonyl (C=O) groups is 3. The second-order valence-corrected chi connectivity index (χ2v) is 11.7. The van der Waals surface area contributed by atoms with Gasteiger partial charge in [-0.05, 0) is 56.1 Å². The molecule has 3 heterocycles. The van der Waals surface area contributed by atoms with Crippen LogP contribution in [0, 0.1) is 13.8 Å². The molecule has 0 aromatic heterocycles. The van der Waals surface area contributed by atoms with E-state index in [0.29, 0.717) is 37.4 Å². The lowest BCUT2D eigenvalue weighted by Gasteiger charge is -2.44. The number of imide groups is 1. The molecule has 3 aromatic rings. The topological polar surface area (TPSA) is 91.0 Å². The Hall–Kier alpha value is -3.88. The summed E-state index contributed by atoms with van der Waals surface area (Å²) in [4.78, 5) is 43.2. The minimum absolute atomic E-state index is 0.261. The third-order valence-corrected chi connectivity index (χ3v) is 8.83. The number of nitrogens with one attached hydrogen (secondary N) is 2. The van der Waals surface area contributed by atoms with Crippen LogP contribution in [0.5, 0.6) is 0 Å². The van der Waals surface area contributed by atoms with Crippen molar-refractivity contribution >= 4 is 35.3 Å². The van der Waals surface area contributed by atoms with Gasteiger partial charge < -0.3 is 15.0 Å². The molecular formula is C32H33ClN4O4. The van der Waals surface area contributed by atoms with Gasteiger partial charge in [-0.2, -0.15) is 0 Å². The zero-order valence-electron chi connectivity index (χ0n) is 23.2. The molecule has 0 aliphatic carbocycles. The number of ether oxygens (including phenoxy) is 1. The average Bonchev–Trinajstić information content (AvgIpc) is 3.21. The number of benzene rings is 3. The van der Waals surface area contributed by atoms with Crippen LogP contribution in [0.15, 0.2) is 66.7 Å². The largest absolute Gasteiger partial charge is 0.438 e. The molecule has 2 N–H and O–H groups in total. The molecule has 6 rings (SSSR count). The number of anilines is 1. The van der Waals surface area contributed by atoms with Gasteiger partial charge in [0.15, 0.2) is 5.54 Å². The van der Waals surface area contributed by atoms with E-state index in [1.807, 2.05) is 74.5 Å². The van der Waals surface area contributed by atoms with Crippen molar-refractivity contribution in [3.05, 3.63) is 99.6 Å². The predicted octanol–water partition coefficient (Wildman–Crippen LogP) is 5.70. The fourth-order valence-corrected chi connectivity index (χ4v) is 6.45. The summed E-state index contributed by atoms with van der Waals surface area (Å²) < 4.78 is 5.84. The zero-order chi connectivity index (χ0) is 28.8. The molecule has 4 amide bonds. The molecule has 1 spiro atoms. The van der Waals surface area contributed by atoms with Gasteiger partial charge in [-0.1, -0.05) is 71.3 Å². The van der Waals surface area contributed by atoms with Crippen LogP contribution in [-0.4, -0.2) is 54.0 Å². The molecule has 8 nitrogen and oxygen atoms in total. The van der Waals surface area contributed by atoms with Gasteiger partial charge in [-0.25, -0.2) is 9.59 Å². The Bertz CT molecular complexity index is 1450. The van der Waals surface area contributed by atoms with Gasteiger partial charge in [0.2, 0.25) is 0 Å². The van der Waals surface area contributed by atoms with Gasteiger partial charge >= 0.3 is 12.1 Å². The maximum Gasteiger partial charge on any atom is 0.412 e. The lowest BCUT2D eigenvalue weighted by molar-refractivity contribution is -0.130. The van der Waals surface area contributed by atoms with Crippen LogP contribution in [0.3, 0.4) is 0 Å². The fraction of sp³-hybridized carbons (Fsp3) is 0.344. The Labute approximate surface area is 244 Å². The van der Waals surface area contributed by atoms with E-state index in [0.717, 1.165) is 46.6 Å². The second kappa shape index (κ2) is 10.5. The number of nitrogens with zero attached hydrogens (tertiary/aromatic N) is 2. The van der Waals surface area contributed by atoms with E-state index in [4.69, 9.17) is 16.3 Å². The highest BCUT2D eigenvalue weighted by molar-refractivity contribution is 6.30. The van der Waals surface area contributed by atoms with Crippen molar-refractivity contribution in [1.82, 2.24) is 15.1 Å². The maximum atomic E-state index is 14.0. The number of halogens is 1. The van der Waals surface area contributed by atoms with Crippen molar-refractivity contribution in [2.75, 3.05) is 31.5 Å². The minimum atomic E-state index is -1.26. The normalized spacial score (nSPS) is 19.5. The SMILES string of the molecule is Cc1ccc(C2(c3ccc(C)cc3)NC(=O)N(CCCN3CCC4(CC3)OC(=O)Nc3ccc(Cl)cc34)C2=O)cc1. The molecule has 2 fully saturated rings. The number of likely N-dealkylation sites (tertiary alicyclic amines) is 1. The average molecular weight is 573 g/mol. The van der Waals surface area contributed by atoms with E-state index in [2.05, 4.69) is 15.5 Å². The standard InChI is InChI=1S/C32H33ClN4O4/c1-21-4-8-23(9-5-21)32(24-10-6-22(2)7-11-24)28(38)37(29(39)35-32)17-3-16-36-18-14-31(15-19-36)26-20-25(33)12-13-27(26)34-30(40)41-31/h4-13,20H,3,14-19H2,1-2H3,(H,34,40)(H,35,39). The van der Waals surface area contributed by atoms with Gasteiger partial charge in [0, 0.05) is 43.1 Å². The monoisotopic (exact) mass is 572 g/mol. The Morgan fingerprint density at radius 3 is 2.07 bits per heavy atom. The Morgan fingerprint density at radius 2 is 1.46 bits per heavy atom. The van der Waals surface area contributed by atoms with Crippen molar-refractivity contribution in [3.8, 4) is 0 Å². The number of amides is 4. The van der Waals surface area contributed by atoms with Gasteiger partial charge in [0.25, 0.3) is 5.91 Å². The summed E-state index contributed by atoms with van der Waals surface area (Å²) in [5.74, 6) is -0.261. The molecule has 0 radical (unpaired) electrons. The van der Waals surface area contributed by atoms with Crippen LogP contribution in [0.1, 0.15) is 47.1 Å². The number of piperidine rings is 1. The number of aryl methyl sites for hydroxylation is 2. The van der Waals surface area contributed by atoms with Crippen LogP contribution < -0.4 is 10.6 Å². The lowest BCUT2D eigenvalue weighted by Crippen LogP contribution is -2.48. The second-order valence-electron chi connectivity index (χ2n) is 11.3. The molecule has 212 valence electrons. The van der Waals surface area contributed by atoms with E-state index in [1.54, 1.807) is 6.07 Å². The van der Waals surface area contributed by atoms with E-state index in [-0.39, 0.29) is 11.9 Å². The molecule has 3 aromatic carbocycles. The van der Waals surface area contributed by atoms with Gasteiger partial charge in [0.1, 0.15) is 5.60 Å². The van der Waals surface area contributed by atoms with Crippen molar-refractivity contribution in [2.45, 2.75) is 44.2 Å². The first-order chi connectivity index (χ1) is 19.7. The van der Waals surface area contributed by atoms with Crippen molar-refractivity contribution in [3.63, 3.8) is 0 Å². The van der Waals surface area contributed by atoms with Crippen molar-refractivity contribution in [2.24, 2.45) is 0 Å². The van der Waals surface area contributed by atoms with E-state index >= 15 is 0 Å². The third kappa shape index (κ3) is 4.85. The van der Waals surface area contributed by atoms with E-state index < -0.39 is 17.2 Å². The molecule has 3 aliphatic heterocycles. The molecule has 0 atom stereocenters. The molecule has 0 bridgehead atoms. The lowest BCUT2D eigenvalue weighted by atomic mass is 9.82. The zero-order valence-corrected chi connectivity index (χ0v) is 24.0. The first kappa shape index (κ1) is 27.3. The quantitative estimate of drug-likeness (QED) is 0.370. The molecule has 2 saturated heterocycles. The molecule has 0 saturated carbocycles. The Kier molecular flexibility index (Phi) is 6.99. The summed E-state index contributed by atoms with van der Waals surface area (Å²) >= 11 is 6.27. The number of urea groups is 1. The highest BCUT2D eigenvalue weighted by atomic mass is 35.5. The fourth-order valence-electron chi connectivity index (χ4n) is 6.28. The van der Waals surface area contributed by atoms with Gasteiger partial charge in [0.05, 0.1) is 5.69 Å². The van der Waals surface area contributed by atoms with E-state index in [9.17, 15) is 14.4 Å². The van der Waals surface area contributed by atoms with Crippen LogP contribution in [0.2, 0.25) is 5.02 Å².